The lowest BCUT2D eigenvalue weighted by atomic mass is 9.71. The topological polar surface area (TPSA) is 70.8 Å². The van der Waals surface area contributed by atoms with Crippen LogP contribution in [0.5, 0.6) is 0 Å². The van der Waals surface area contributed by atoms with Crippen molar-refractivity contribution >= 4 is 5.91 Å². The normalized spacial score (nSPS) is 27.2. The molecule has 1 aromatic heterocycles. The highest BCUT2D eigenvalue weighted by Gasteiger charge is 2.44. The third-order valence-electron chi connectivity index (χ3n) is 6.71. The molecular weight excluding hydrogens is 344 g/mol. The van der Waals surface area contributed by atoms with E-state index in [1.807, 2.05) is 17.9 Å². The van der Waals surface area contributed by atoms with Gasteiger partial charge < -0.3 is 14.7 Å². The number of nitrogens with zero attached hydrogens (tertiary/aromatic N) is 4. The Morgan fingerprint density at radius 1 is 1.33 bits per heavy atom. The molecule has 7 heteroatoms. The molecule has 0 aliphatic carbocycles. The second-order valence-corrected chi connectivity index (χ2v) is 8.46. The van der Waals surface area contributed by atoms with Gasteiger partial charge in [-0.05, 0) is 50.5 Å². The number of hydrogen-bond donors (Lipinski definition) is 1. The van der Waals surface area contributed by atoms with Gasteiger partial charge >= 0.3 is 0 Å². The lowest BCUT2D eigenvalue weighted by Crippen LogP contribution is -2.57. The molecular formula is C20H32N4O3. The number of piperidine rings is 2. The smallest absolute Gasteiger partial charge is 0.272 e. The molecule has 0 aromatic carbocycles. The van der Waals surface area contributed by atoms with Crippen molar-refractivity contribution in [2.75, 3.05) is 39.4 Å². The summed E-state index contributed by atoms with van der Waals surface area (Å²) in [5, 5.41) is 14.8. The van der Waals surface area contributed by atoms with Crippen LogP contribution in [0.15, 0.2) is 12.3 Å². The van der Waals surface area contributed by atoms with Crippen molar-refractivity contribution < 1.29 is 14.6 Å². The van der Waals surface area contributed by atoms with Crippen molar-refractivity contribution in [3.05, 3.63) is 18.0 Å². The van der Waals surface area contributed by atoms with Crippen molar-refractivity contribution in [1.29, 1.82) is 0 Å². The number of aliphatic hydroxyl groups is 1. The number of carbonyl (C=O) groups excluding carboxylic acids is 1. The van der Waals surface area contributed by atoms with E-state index in [2.05, 4.69) is 10.00 Å². The van der Waals surface area contributed by atoms with Gasteiger partial charge in [0.25, 0.3) is 5.91 Å². The molecule has 4 heterocycles. The first-order valence-electron chi connectivity index (χ1n) is 10.4. The number of amides is 1. The van der Waals surface area contributed by atoms with Crippen LogP contribution in [0.3, 0.4) is 0 Å². The third-order valence-corrected chi connectivity index (χ3v) is 6.71. The molecule has 3 fully saturated rings. The quantitative estimate of drug-likeness (QED) is 0.863. The number of aryl methyl sites for hydroxylation is 1. The highest BCUT2D eigenvalue weighted by Crippen LogP contribution is 2.41. The highest BCUT2D eigenvalue weighted by molar-refractivity contribution is 5.92. The second-order valence-electron chi connectivity index (χ2n) is 8.46. The summed E-state index contributed by atoms with van der Waals surface area (Å²) in [5.74, 6) is 0.0850. The number of carbonyl (C=O) groups is 1. The monoisotopic (exact) mass is 376 g/mol. The van der Waals surface area contributed by atoms with Gasteiger partial charge in [-0.3, -0.25) is 14.4 Å². The third kappa shape index (κ3) is 3.91. The maximum Gasteiger partial charge on any atom is 0.272 e. The minimum absolute atomic E-state index is 0.0850. The molecule has 0 radical (unpaired) electrons. The van der Waals surface area contributed by atoms with E-state index in [-0.39, 0.29) is 17.4 Å². The number of rotatable bonds is 3. The number of aliphatic hydroxyl groups excluding tert-OH is 1. The van der Waals surface area contributed by atoms with Gasteiger partial charge in [-0.15, -0.1) is 0 Å². The molecule has 1 unspecified atom stereocenters. The lowest BCUT2D eigenvalue weighted by Gasteiger charge is -2.51. The van der Waals surface area contributed by atoms with E-state index in [1.54, 1.807) is 10.9 Å². The van der Waals surface area contributed by atoms with Crippen molar-refractivity contribution in [2.45, 2.75) is 57.7 Å². The summed E-state index contributed by atoms with van der Waals surface area (Å²) >= 11 is 0. The number of ether oxygens (including phenoxy) is 1. The number of aromatic nitrogens is 2. The molecule has 150 valence electrons. The highest BCUT2D eigenvalue weighted by atomic mass is 16.5. The fourth-order valence-corrected chi connectivity index (χ4v) is 5.20. The Kier molecular flexibility index (Phi) is 5.53. The largest absolute Gasteiger partial charge is 0.392 e. The molecule has 1 aromatic rings. The molecule has 1 amide bonds. The zero-order chi connectivity index (χ0) is 18.9. The summed E-state index contributed by atoms with van der Waals surface area (Å²) in [7, 11) is 0. The Labute approximate surface area is 161 Å². The first kappa shape index (κ1) is 18.9. The fourth-order valence-electron chi connectivity index (χ4n) is 5.20. The van der Waals surface area contributed by atoms with Crippen molar-refractivity contribution in [1.82, 2.24) is 19.6 Å². The SMILES string of the molecule is CCn1nccc1C(=O)N1CCC2(CC1)CC(O)CN(C1CCOCC1)C2. The van der Waals surface area contributed by atoms with Crippen LogP contribution in [0.1, 0.15) is 49.5 Å². The van der Waals surface area contributed by atoms with E-state index in [4.69, 9.17) is 4.74 Å². The molecule has 7 nitrogen and oxygen atoms in total. The van der Waals surface area contributed by atoms with Gasteiger partial charge in [-0.1, -0.05) is 0 Å². The van der Waals surface area contributed by atoms with Gasteiger partial charge in [0.1, 0.15) is 5.69 Å². The van der Waals surface area contributed by atoms with Crippen LogP contribution in [-0.2, 0) is 11.3 Å². The van der Waals surface area contributed by atoms with E-state index in [0.717, 1.165) is 71.5 Å². The summed E-state index contributed by atoms with van der Waals surface area (Å²) < 4.78 is 7.28. The predicted octanol–water partition coefficient (Wildman–Crippen LogP) is 1.37. The van der Waals surface area contributed by atoms with E-state index in [0.29, 0.717) is 18.3 Å². The van der Waals surface area contributed by atoms with Gasteiger partial charge in [-0.25, -0.2) is 0 Å². The van der Waals surface area contributed by atoms with Crippen LogP contribution in [-0.4, -0.2) is 82.1 Å². The zero-order valence-corrected chi connectivity index (χ0v) is 16.3. The fraction of sp³-hybridized carbons (Fsp3) is 0.800. The summed E-state index contributed by atoms with van der Waals surface area (Å²) in [6.45, 7) is 7.73. The van der Waals surface area contributed by atoms with E-state index in [9.17, 15) is 9.90 Å². The summed E-state index contributed by atoms with van der Waals surface area (Å²) in [5.41, 5.74) is 0.818. The van der Waals surface area contributed by atoms with Crippen molar-refractivity contribution in [3.63, 3.8) is 0 Å². The second kappa shape index (κ2) is 7.89. The van der Waals surface area contributed by atoms with Gasteiger partial charge in [0.05, 0.1) is 6.10 Å². The Morgan fingerprint density at radius 3 is 2.78 bits per heavy atom. The average Bonchev–Trinajstić information content (AvgIpc) is 3.17. The minimum atomic E-state index is -0.259. The van der Waals surface area contributed by atoms with Gasteiger partial charge in [0, 0.05) is 58.2 Å². The van der Waals surface area contributed by atoms with E-state index >= 15 is 0 Å². The molecule has 3 saturated heterocycles. The van der Waals surface area contributed by atoms with Gasteiger partial charge in [-0.2, -0.15) is 5.10 Å². The van der Waals surface area contributed by atoms with Gasteiger partial charge in [0.2, 0.25) is 0 Å². The van der Waals surface area contributed by atoms with Crippen LogP contribution >= 0.6 is 0 Å². The van der Waals surface area contributed by atoms with Crippen LogP contribution in [0.4, 0.5) is 0 Å². The van der Waals surface area contributed by atoms with Crippen LogP contribution in [0.25, 0.3) is 0 Å². The Morgan fingerprint density at radius 2 is 2.07 bits per heavy atom. The number of β-amino-alcohol motifs (C(OH)–C–C–N with tert-alkyl or cyclic N) is 1. The molecule has 1 atom stereocenters. The summed E-state index contributed by atoms with van der Waals surface area (Å²) in [6.07, 6.45) is 6.37. The lowest BCUT2D eigenvalue weighted by molar-refractivity contribution is -0.0695. The van der Waals surface area contributed by atoms with Crippen molar-refractivity contribution in [3.8, 4) is 0 Å². The zero-order valence-electron chi connectivity index (χ0n) is 16.3. The van der Waals surface area contributed by atoms with Crippen molar-refractivity contribution in [2.24, 2.45) is 5.41 Å². The van der Waals surface area contributed by atoms with Crippen LogP contribution < -0.4 is 0 Å². The van der Waals surface area contributed by atoms with E-state index in [1.165, 1.54) is 0 Å². The van der Waals surface area contributed by atoms with E-state index < -0.39 is 0 Å². The van der Waals surface area contributed by atoms with Crippen LogP contribution in [0.2, 0.25) is 0 Å². The molecule has 3 aliphatic heterocycles. The average molecular weight is 377 g/mol. The predicted molar refractivity (Wildman–Crippen MR) is 102 cm³/mol. The maximum atomic E-state index is 12.9. The Hall–Kier alpha value is -1.44. The molecule has 4 rings (SSSR count). The van der Waals surface area contributed by atoms with Crippen LogP contribution in [0, 0.1) is 5.41 Å². The molecule has 0 bridgehead atoms. The molecule has 27 heavy (non-hydrogen) atoms. The van der Waals surface area contributed by atoms with Gasteiger partial charge in [0.15, 0.2) is 0 Å². The molecule has 1 spiro atoms. The first-order chi connectivity index (χ1) is 13.1. The number of likely N-dealkylation sites (tertiary alicyclic amines) is 2. The summed E-state index contributed by atoms with van der Waals surface area (Å²) in [6, 6.07) is 2.34. The maximum absolute atomic E-state index is 12.9. The molecule has 0 saturated carbocycles. The molecule has 3 aliphatic rings. The Balaban J connectivity index is 1.40. The standard InChI is InChI=1S/C20H32N4O3/c1-2-24-18(3-8-21-24)19(26)22-9-6-20(7-10-22)13-17(25)14-23(15-20)16-4-11-27-12-5-16/h3,8,16-17,25H,2,4-7,9-15H2,1H3. The summed E-state index contributed by atoms with van der Waals surface area (Å²) in [4.78, 5) is 17.3. The first-order valence-corrected chi connectivity index (χ1v) is 10.4. The minimum Gasteiger partial charge on any atom is -0.392 e. The molecule has 1 N–H and O–H groups in total. The number of hydrogen-bond acceptors (Lipinski definition) is 5. The Bertz CT molecular complexity index is 647.